The highest BCUT2D eigenvalue weighted by Gasteiger charge is 2.19. The number of benzene rings is 1. The van der Waals surface area contributed by atoms with E-state index < -0.39 is 0 Å². The van der Waals surface area contributed by atoms with Crippen LogP contribution in [0.5, 0.6) is 0 Å². The molecule has 23 heavy (non-hydrogen) atoms. The summed E-state index contributed by atoms with van der Waals surface area (Å²) in [5.74, 6) is 0.139. The van der Waals surface area contributed by atoms with E-state index >= 15 is 0 Å². The summed E-state index contributed by atoms with van der Waals surface area (Å²) in [6, 6.07) is 9.13. The Morgan fingerprint density at radius 1 is 1.17 bits per heavy atom. The molecule has 1 aromatic carbocycles. The van der Waals surface area contributed by atoms with Crippen LogP contribution in [-0.4, -0.2) is 36.5 Å². The third-order valence-corrected chi connectivity index (χ3v) is 4.96. The number of aryl methyl sites for hydroxylation is 1. The number of carbonyl (C=O) groups is 1. The lowest BCUT2D eigenvalue weighted by molar-refractivity contribution is -0.120. The largest absolute Gasteiger partial charge is 0.356 e. The predicted octanol–water partition coefficient (Wildman–Crippen LogP) is 3.56. The second-order valence-electron chi connectivity index (χ2n) is 6.64. The number of hydrogen-bond acceptors (Lipinski definition) is 2. The van der Waals surface area contributed by atoms with Gasteiger partial charge in [-0.1, -0.05) is 44.5 Å². The molecular weight excluding hydrogens is 284 g/mol. The lowest BCUT2D eigenvalue weighted by Crippen LogP contribution is -2.40. The van der Waals surface area contributed by atoms with Crippen LogP contribution in [0.25, 0.3) is 0 Å². The fourth-order valence-electron chi connectivity index (χ4n) is 3.47. The molecule has 0 saturated carbocycles. The highest BCUT2D eigenvalue weighted by atomic mass is 16.1. The summed E-state index contributed by atoms with van der Waals surface area (Å²) in [6.07, 6.45) is 7.89. The molecule has 1 aliphatic heterocycles. The van der Waals surface area contributed by atoms with Gasteiger partial charge in [-0.2, -0.15) is 0 Å². The summed E-state index contributed by atoms with van der Waals surface area (Å²) in [5, 5.41) is 3.07. The summed E-state index contributed by atoms with van der Waals surface area (Å²) in [7, 11) is 0. The van der Waals surface area contributed by atoms with E-state index in [1.807, 2.05) is 0 Å². The van der Waals surface area contributed by atoms with Crippen LogP contribution in [0, 0.1) is 0 Å². The van der Waals surface area contributed by atoms with Gasteiger partial charge in [0.2, 0.25) is 5.91 Å². The molecule has 3 nitrogen and oxygen atoms in total. The molecule has 0 bridgehead atoms. The van der Waals surface area contributed by atoms with Crippen molar-refractivity contribution in [2.45, 2.75) is 64.8 Å². The molecule has 1 N–H and O–H groups in total. The average Bonchev–Trinajstić information content (AvgIpc) is 2.59. The van der Waals surface area contributed by atoms with Crippen LogP contribution >= 0.6 is 0 Å². The smallest absolute Gasteiger partial charge is 0.224 e. The summed E-state index contributed by atoms with van der Waals surface area (Å²) in [5.41, 5.74) is 2.42. The van der Waals surface area contributed by atoms with Crippen molar-refractivity contribution in [1.82, 2.24) is 10.2 Å². The first kappa shape index (κ1) is 18.0. The molecular formula is C20H32N2O. The Bertz CT molecular complexity index is 469. The third kappa shape index (κ3) is 5.98. The van der Waals surface area contributed by atoms with Gasteiger partial charge in [-0.3, -0.25) is 4.79 Å². The van der Waals surface area contributed by atoms with Gasteiger partial charge in [-0.25, -0.2) is 0 Å². The maximum Gasteiger partial charge on any atom is 0.224 e. The van der Waals surface area contributed by atoms with Crippen molar-refractivity contribution in [1.29, 1.82) is 0 Å². The number of nitrogens with one attached hydrogen (secondary N) is 1. The standard InChI is InChI=1S/C20H32N2O/c1-3-17-9-11-18(12-10-17)16-20(23)21-13-7-15-22-14-6-5-8-19(22)4-2/h9-12,19H,3-8,13-16H2,1-2H3,(H,21,23)/t19-/m1/s1. The quantitative estimate of drug-likeness (QED) is 0.744. The van der Waals surface area contributed by atoms with Gasteiger partial charge in [-0.15, -0.1) is 0 Å². The van der Waals surface area contributed by atoms with E-state index in [1.165, 1.54) is 37.8 Å². The third-order valence-electron chi connectivity index (χ3n) is 4.96. The van der Waals surface area contributed by atoms with E-state index in [4.69, 9.17) is 0 Å². The molecule has 128 valence electrons. The van der Waals surface area contributed by atoms with Crippen LogP contribution in [0.15, 0.2) is 24.3 Å². The van der Waals surface area contributed by atoms with E-state index in [9.17, 15) is 4.79 Å². The van der Waals surface area contributed by atoms with Gasteiger partial charge in [0.1, 0.15) is 0 Å². The molecule has 0 aromatic heterocycles. The minimum Gasteiger partial charge on any atom is -0.356 e. The number of piperidine rings is 1. The molecule has 1 saturated heterocycles. The average molecular weight is 316 g/mol. The first-order valence-corrected chi connectivity index (χ1v) is 9.31. The van der Waals surface area contributed by atoms with Gasteiger partial charge in [0, 0.05) is 19.1 Å². The molecule has 3 heteroatoms. The topological polar surface area (TPSA) is 32.3 Å². The molecule has 1 heterocycles. The molecule has 1 atom stereocenters. The van der Waals surface area contributed by atoms with E-state index in [-0.39, 0.29) is 5.91 Å². The summed E-state index contributed by atoms with van der Waals surface area (Å²) in [6.45, 7) is 7.57. The van der Waals surface area contributed by atoms with Crippen molar-refractivity contribution in [3.8, 4) is 0 Å². The Kier molecular flexibility index (Phi) is 7.60. The Morgan fingerprint density at radius 3 is 2.61 bits per heavy atom. The van der Waals surface area contributed by atoms with Gasteiger partial charge < -0.3 is 10.2 Å². The van der Waals surface area contributed by atoms with Crippen LogP contribution in [0.1, 0.15) is 57.1 Å². The molecule has 0 aliphatic carbocycles. The summed E-state index contributed by atoms with van der Waals surface area (Å²) < 4.78 is 0. The number of nitrogens with zero attached hydrogens (tertiary/aromatic N) is 1. The first-order chi connectivity index (χ1) is 11.2. The molecule has 0 spiro atoms. The minimum atomic E-state index is 0.139. The van der Waals surface area contributed by atoms with Crippen LogP contribution in [0.2, 0.25) is 0 Å². The van der Waals surface area contributed by atoms with Gasteiger partial charge in [0.15, 0.2) is 0 Å². The van der Waals surface area contributed by atoms with Gasteiger partial charge in [0.05, 0.1) is 6.42 Å². The number of amides is 1. The van der Waals surface area contributed by atoms with E-state index in [1.54, 1.807) is 0 Å². The molecule has 0 unspecified atom stereocenters. The maximum atomic E-state index is 12.0. The zero-order chi connectivity index (χ0) is 16.5. The molecule has 1 fully saturated rings. The number of carbonyl (C=O) groups excluding carboxylic acids is 1. The van der Waals surface area contributed by atoms with Crippen LogP contribution < -0.4 is 5.32 Å². The normalized spacial score (nSPS) is 18.8. The number of hydrogen-bond donors (Lipinski definition) is 1. The lowest BCUT2D eigenvalue weighted by Gasteiger charge is -2.35. The second kappa shape index (κ2) is 9.71. The highest BCUT2D eigenvalue weighted by molar-refractivity contribution is 5.78. The van der Waals surface area contributed by atoms with Crippen LogP contribution in [-0.2, 0) is 17.6 Å². The van der Waals surface area contributed by atoms with Crippen molar-refractivity contribution in [3.05, 3.63) is 35.4 Å². The Balaban J connectivity index is 1.64. The SMILES string of the molecule is CCc1ccc(CC(=O)NCCCN2CCCC[C@H]2CC)cc1. The van der Waals surface area contributed by atoms with Crippen molar-refractivity contribution >= 4 is 5.91 Å². The van der Waals surface area contributed by atoms with Crippen molar-refractivity contribution in [3.63, 3.8) is 0 Å². The van der Waals surface area contributed by atoms with Gasteiger partial charge in [-0.05, 0) is 49.8 Å². The zero-order valence-electron chi connectivity index (χ0n) is 14.8. The van der Waals surface area contributed by atoms with E-state index in [2.05, 4.69) is 48.3 Å². The molecule has 1 amide bonds. The predicted molar refractivity (Wildman–Crippen MR) is 96.7 cm³/mol. The zero-order valence-corrected chi connectivity index (χ0v) is 14.8. The van der Waals surface area contributed by atoms with Crippen LogP contribution in [0.4, 0.5) is 0 Å². The Labute approximate surface area is 141 Å². The second-order valence-corrected chi connectivity index (χ2v) is 6.64. The monoisotopic (exact) mass is 316 g/mol. The van der Waals surface area contributed by atoms with E-state index in [0.29, 0.717) is 6.42 Å². The van der Waals surface area contributed by atoms with Crippen molar-refractivity contribution in [2.75, 3.05) is 19.6 Å². The van der Waals surface area contributed by atoms with Gasteiger partial charge in [0.25, 0.3) is 0 Å². The van der Waals surface area contributed by atoms with Gasteiger partial charge >= 0.3 is 0 Å². The van der Waals surface area contributed by atoms with Crippen molar-refractivity contribution in [2.24, 2.45) is 0 Å². The van der Waals surface area contributed by atoms with E-state index in [0.717, 1.165) is 37.5 Å². The minimum absolute atomic E-state index is 0.139. The molecule has 0 radical (unpaired) electrons. The fourth-order valence-corrected chi connectivity index (χ4v) is 3.47. The summed E-state index contributed by atoms with van der Waals surface area (Å²) >= 11 is 0. The Hall–Kier alpha value is -1.35. The fraction of sp³-hybridized carbons (Fsp3) is 0.650. The number of likely N-dealkylation sites (tertiary alicyclic amines) is 1. The molecule has 1 aromatic rings. The first-order valence-electron chi connectivity index (χ1n) is 9.31. The van der Waals surface area contributed by atoms with Crippen molar-refractivity contribution < 1.29 is 4.79 Å². The van der Waals surface area contributed by atoms with Crippen LogP contribution in [0.3, 0.4) is 0 Å². The Morgan fingerprint density at radius 2 is 1.91 bits per heavy atom. The number of rotatable bonds is 8. The maximum absolute atomic E-state index is 12.0. The lowest BCUT2D eigenvalue weighted by atomic mass is 10.00. The molecule has 2 rings (SSSR count). The summed E-state index contributed by atoms with van der Waals surface area (Å²) in [4.78, 5) is 14.6. The molecule has 1 aliphatic rings. The highest BCUT2D eigenvalue weighted by Crippen LogP contribution is 2.19.